The van der Waals surface area contributed by atoms with E-state index in [1.54, 1.807) is 0 Å². The van der Waals surface area contributed by atoms with Gasteiger partial charge in [-0.3, -0.25) is 0 Å². The van der Waals surface area contributed by atoms with Crippen molar-refractivity contribution in [1.29, 1.82) is 0 Å². The topological polar surface area (TPSA) is 57.5 Å². The van der Waals surface area contributed by atoms with Gasteiger partial charge < -0.3 is 10.2 Å². The molecule has 0 aromatic carbocycles. The van der Waals surface area contributed by atoms with E-state index in [9.17, 15) is 0 Å². The van der Waals surface area contributed by atoms with E-state index in [4.69, 9.17) is 15.0 Å². The van der Waals surface area contributed by atoms with Crippen molar-refractivity contribution < 1.29 is 58.4 Å². The summed E-state index contributed by atoms with van der Waals surface area (Å²) in [6.07, 6.45) is -1.83. The van der Waals surface area contributed by atoms with Gasteiger partial charge in [0.2, 0.25) is 0 Å². The normalized spacial score (nSPS) is 3.43. The fraction of sp³-hybridized carbons (Fsp3) is 0. The van der Waals surface area contributed by atoms with Gasteiger partial charge in [-0.25, -0.2) is 4.79 Å². The summed E-state index contributed by atoms with van der Waals surface area (Å²) in [5.41, 5.74) is 0. The van der Waals surface area contributed by atoms with E-state index in [2.05, 4.69) is 0 Å². The van der Waals surface area contributed by atoms with E-state index >= 15 is 0 Å². The second-order valence-corrected chi connectivity index (χ2v) is 0.283. The first-order valence-electron chi connectivity index (χ1n) is 0.651. The fourth-order valence-corrected chi connectivity index (χ4v) is 0. The summed E-state index contributed by atoms with van der Waals surface area (Å²) in [6, 6.07) is 0. The maximum absolute atomic E-state index is 8.56. The smallest absolute Gasteiger partial charge is 0.450 e. The molecule has 0 atom stereocenters. The Labute approximate surface area is 101 Å². The Morgan fingerprint density at radius 3 is 1.14 bits per heavy atom. The molecule has 0 saturated carbocycles. The van der Waals surface area contributed by atoms with Crippen LogP contribution >= 0.6 is 0 Å². The second kappa shape index (κ2) is 15.7. The molecule has 0 aliphatic rings. The van der Waals surface area contributed by atoms with Crippen LogP contribution in [0, 0.1) is 0 Å². The Bertz CT molecular complexity index is 35.9. The van der Waals surface area contributed by atoms with Crippen molar-refractivity contribution in [1.82, 2.24) is 0 Å². The molecule has 0 aromatic rings. The summed E-state index contributed by atoms with van der Waals surface area (Å²) in [5.74, 6) is 0. The Hall–Kier alpha value is 1.96. The van der Waals surface area contributed by atoms with E-state index in [0.717, 1.165) is 0 Å². The van der Waals surface area contributed by atoms with Crippen LogP contribution in [0.5, 0.6) is 0 Å². The average Bonchev–Trinajstić information content (AvgIpc) is 0.811. The molecule has 0 aromatic heterocycles. The molecule has 0 unspecified atom stereocenters. The van der Waals surface area contributed by atoms with E-state index in [1.807, 2.05) is 0 Å². The van der Waals surface area contributed by atoms with Crippen LogP contribution in [0.2, 0.25) is 0 Å². The molecule has 0 aliphatic carbocycles. The van der Waals surface area contributed by atoms with Crippen molar-refractivity contribution in [2.75, 3.05) is 0 Å². The fourth-order valence-electron chi connectivity index (χ4n) is 0. The standard InChI is InChI=1S/CH2O3.Ca.2Ti/c2-1(3)4;;;/h(H2,2,3,4);;;. The van der Waals surface area contributed by atoms with Crippen molar-refractivity contribution in [3.63, 3.8) is 0 Å². The largest absolute Gasteiger partial charge is 0.503 e. The molecular weight excluding hydrogens is 196 g/mol. The van der Waals surface area contributed by atoms with Crippen LogP contribution in [-0.2, 0) is 43.4 Å². The van der Waals surface area contributed by atoms with Crippen molar-refractivity contribution in [3.05, 3.63) is 0 Å². The predicted octanol–water partition coefficient (Wildman–Crippen LogP) is -0.163. The summed E-state index contributed by atoms with van der Waals surface area (Å²) in [5, 5.41) is 13.9. The third kappa shape index (κ3) is 73.7. The molecule has 0 fully saturated rings. The predicted molar refractivity (Wildman–Crippen MR) is 16.4 cm³/mol. The van der Waals surface area contributed by atoms with Gasteiger partial charge in [-0.15, -0.1) is 0 Å². The molecular formula is CH2CaO3Ti2. The van der Waals surface area contributed by atoms with Gasteiger partial charge >= 0.3 is 6.16 Å². The molecule has 0 saturated heterocycles. The van der Waals surface area contributed by atoms with E-state index in [0.29, 0.717) is 0 Å². The Kier molecular flexibility index (Phi) is 51.7. The van der Waals surface area contributed by atoms with Crippen molar-refractivity contribution in [2.24, 2.45) is 0 Å². The monoisotopic (exact) mass is 198 g/mol. The van der Waals surface area contributed by atoms with Crippen LogP contribution in [-0.4, -0.2) is 54.1 Å². The summed E-state index contributed by atoms with van der Waals surface area (Å²) < 4.78 is 0. The summed E-state index contributed by atoms with van der Waals surface area (Å²) in [7, 11) is 0. The van der Waals surface area contributed by atoms with Gasteiger partial charge in [0.25, 0.3) is 0 Å². The minimum atomic E-state index is -1.83. The zero-order chi connectivity index (χ0) is 3.58. The summed E-state index contributed by atoms with van der Waals surface area (Å²) in [6.45, 7) is 0. The number of carbonyl (C=O) groups is 1. The average molecular weight is 198 g/mol. The molecule has 3 nitrogen and oxygen atoms in total. The third-order valence-corrected chi connectivity index (χ3v) is 0. The Balaban J connectivity index is -0.0000000150. The van der Waals surface area contributed by atoms with Crippen LogP contribution in [0.4, 0.5) is 4.79 Å². The number of rotatable bonds is 0. The Morgan fingerprint density at radius 2 is 1.14 bits per heavy atom. The SMILES string of the molecule is O=C(O)O.[Ca].[Ti].[Ti]. The van der Waals surface area contributed by atoms with E-state index in [-0.39, 0.29) is 81.2 Å². The van der Waals surface area contributed by atoms with Crippen LogP contribution in [0.25, 0.3) is 0 Å². The maximum Gasteiger partial charge on any atom is 0.503 e. The minimum absolute atomic E-state index is 0. The van der Waals surface area contributed by atoms with Crippen molar-refractivity contribution in [2.45, 2.75) is 0 Å². The van der Waals surface area contributed by atoms with Gasteiger partial charge in [-0.05, 0) is 0 Å². The third-order valence-electron chi connectivity index (χ3n) is 0. The first-order chi connectivity index (χ1) is 1.73. The molecule has 0 heterocycles. The first kappa shape index (κ1) is 23.1. The van der Waals surface area contributed by atoms with Gasteiger partial charge in [0.1, 0.15) is 0 Å². The van der Waals surface area contributed by atoms with Crippen LogP contribution in [0.1, 0.15) is 0 Å². The molecule has 6 heteroatoms. The van der Waals surface area contributed by atoms with Gasteiger partial charge in [0.15, 0.2) is 0 Å². The number of hydrogen-bond acceptors (Lipinski definition) is 1. The minimum Gasteiger partial charge on any atom is -0.450 e. The van der Waals surface area contributed by atoms with Gasteiger partial charge in [0.05, 0.1) is 0 Å². The maximum atomic E-state index is 8.56. The number of hydrogen-bond donors (Lipinski definition) is 2. The van der Waals surface area contributed by atoms with Crippen LogP contribution < -0.4 is 0 Å². The van der Waals surface area contributed by atoms with Gasteiger partial charge in [0, 0.05) is 81.2 Å². The summed E-state index contributed by atoms with van der Waals surface area (Å²) >= 11 is 0. The molecule has 0 rings (SSSR count). The molecule has 0 aliphatic heterocycles. The molecule has 7 heavy (non-hydrogen) atoms. The quantitative estimate of drug-likeness (QED) is 0.531. The van der Waals surface area contributed by atoms with E-state index < -0.39 is 6.16 Å². The van der Waals surface area contributed by atoms with Gasteiger partial charge in [-0.2, -0.15) is 0 Å². The second-order valence-electron chi connectivity index (χ2n) is 0.283. The summed E-state index contributed by atoms with van der Waals surface area (Å²) in [4.78, 5) is 8.56. The molecule has 0 spiro atoms. The molecule has 34 valence electrons. The molecule has 0 amide bonds. The molecule has 2 N–H and O–H groups in total. The van der Waals surface area contributed by atoms with Crippen LogP contribution in [0.15, 0.2) is 0 Å². The van der Waals surface area contributed by atoms with Crippen molar-refractivity contribution in [3.8, 4) is 0 Å². The van der Waals surface area contributed by atoms with Crippen LogP contribution in [0.3, 0.4) is 0 Å². The molecule has 0 bridgehead atoms. The van der Waals surface area contributed by atoms with E-state index in [1.165, 1.54) is 0 Å². The molecule has 2 radical (unpaired) electrons. The zero-order valence-corrected chi connectivity index (χ0v) is 8.84. The Morgan fingerprint density at radius 1 is 1.14 bits per heavy atom. The van der Waals surface area contributed by atoms with Crippen molar-refractivity contribution >= 4 is 43.9 Å². The first-order valence-corrected chi connectivity index (χ1v) is 0.651. The zero-order valence-electron chi connectivity index (χ0n) is 3.51. The number of carboxylic acid groups (broad SMARTS) is 2. The van der Waals surface area contributed by atoms with Gasteiger partial charge in [-0.1, -0.05) is 0 Å².